The van der Waals surface area contributed by atoms with Crippen LogP contribution in [-0.2, 0) is 23.5 Å². The number of thioether (sulfide) groups is 1. The highest BCUT2D eigenvalue weighted by atomic mass is 32.2. The number of aromatic nitrogens is 3. The van der Waals surface area contributed by atoms with Gasteiger partial charge in [-0.05, 0) is 18.2 Å². The molecule has 21 heavy (non-hydrogen) atoms. The largest absolute Gasteiger partial charge is 0.300 e. The molecule has 1 aliphatic rings. The fourth-order valence-electron chi connectivity index (χ4n) is 2.07. The molecule has 0 aromatic carbocycles. The highest BCUT2D eigenvalue weighted by Gasteiger charge is 2.15. The predicted octanol–water partition coefficient (Wildman–Crippen LogP) is 1.44. The summed E-state index contributed by atoms with van der Waals surface area (Å²) in [5.74, 6) is 1.54. The van der Waals surface area contributed by atoms with Gasteiger partial charge in [-0.2, -0.15) is 16.9 Å². The quantitative estimate of drug-likeness (QED) is 0.925. The Hall–Kier alpha value is -1.67. The van der Waals surface area contributed by atoms with Crippen LogP contribution in [0.4, 0.5) is 5.13 Å². The summed E-state index contributed by atoms with van der Waals surface area (Å²) in [6.07, 6.45) is 0.841. The van der Waals surface area contributed by atoms with Gasteiger partial charge in [-0.25, -0.2) is 9.67 Å². The number of hydrogen-bond donors (Lipinski definition) is 1. The molecule has 1 aliphatic heterocycles. The summed E-state index contributed by atoms with van der Waals surface area (Å²) < 4.78 is 1.23. The Balaban J connectivity index is 1.75. The van der Waals surface area contributed by atoms with Crippen molar-refractivity contribution in [2.75, 3.05) is 11.1 Å². The zero-order valence-corrected chi connectivity index (χ0v) is 13.1. The number of thiazole rings is 1. The first kappa shape index (κ1) is 14.3. The fraction of sp³-hybridized carbons (Fsp3) is 0.385. The summed E-state index contributed by atoms with van der Waals surface area (Å²) in [5, 5.41) is 9.40. The average molecular weight is 322 g/mol. The van der Waals surface area contributed by atoms with Crippen molar-refractivity contribution in [1.29, 1.82) is 0 Å². The Morgan fingerprint density at radius 1 is 1.52 bits per heavy atom. The number of amides is 1. The van der Waals surface area contributed by atoms with Gasteiger partial charge < -0.3 is 5.32 Å². The standard InChI is InChI=1S/C13H14N4O2S2/c1-8-6-21-13(14-8)15-11(18)5-17-12(19)4-9-7-20-3-2-10(9)16-17/h4,6H,2-3,5,7H2,1H3,(H,14,15,18). The molecule has 2 aromatic heterocycles. The molecular weight excluding hydrogens is 308 g/mol. The van der Waals surface area contributed by atoms with Crippen LogP contribution < -0.4 is 10.9 Å². The van der Waals surface area contributed by atoms with E-state index in [0.717, 1.165) is 34.9 Å². The van der Waals surface area contributed by atoms with E-state index in [-0.39, 0.29) is 18.0 Å². The van der Waals surface area contributed by atoms with Gasteiger partial charge >= 0.3 is 0 Å². The molecule has 110 valence electrons. The van der Waals surface area contributed by atoms with Crippen LogP contribution in [0.3, 0.4) is 0 Å². The molecule has 0 saturated carbocycles. The van der Waals surface area contributed by atoms with E-state index >= 15 is 0 Å². The highest BCUT2D eigenvalue weighted by molar-refractivity contribution is 7.98. The molecule has 2 aromatic rings. The monoisotopic (exact) mass is 322 g/mol. The Morgan fingerprint density at radius 3 is 3.14 bits per heavy atom. The van der Waals surface area contributed by atoms with Crippen LogP contribution in [0.1, 0.15) is 17.0 Å². The van der Waals surface area contributed by atoms with Crippen LogP contribution in [-0.4, -0.2) is 26.4 Å². The Labute approximate surface area is 129 Å². The zero-order chi connectivity index (χ0) is 14.8. The van der Waals surface area contributed by atoms with Crippen molar-refractivity contribution in [3.63, 3.8) is 0 Å². The van der Waals surface area contributed by atoms with Crippen molar-refractivity contribution in [2.24, 2.45) is 0 Å². The molecule has 1 N–H and O–H groups in total. The first-order valence-electron chi connectivity index (χ1n) is 6.51. The third-order valence-electron chi connectivity index (χ3n) is 3.06. The number of nitrogens with zero attached hydrogens (tertiary/aromatic N) is 3. The number of fused-ring (bicyclic) bond motifs is 1. The number of hydrogen-bond acceptors (Lipinski definition) is 6. The van der Waals surface area contributed by atoms with Crippen molar-refractivity contribution < 1.29 is 4.79 Å². The van der Waals surface area contributed by atoms with Crippen LogP contribution in [0.15, 0.2) is 16.2 Å². The van der Waals surface area contributed by atoms with Crippen LogP contribution in [0, 0.1) is 6.92 Å². The van der Waals surface area contributed by atoms with Crippen LogP contribution in [0.2, 0.25) is 0 Å². The van der Waals surface area contributed by atoms with E-state index in [1.807, 2.05) is 12.3 Å². The fourth-order valence-corrected chi connectivity index (χ4v) is 3.73. The van der Waals surface area contributed by atoms with Gasteiger partial charge in [0.1, 0.15) is 6.54 Å². The number of anilines is 1. The van der Waals surface area contributed by atoms with Gasteiger partial charge in [0.2, 0.25) is 5.91 Å². The second kappa shape index (κ2) is 5.98. The lowest BCUT2D eigenvalue weighted by atomic mass is 10.2. The number of nitrogens with one attached hydrogen (secondary N) is 1. The lowest BCUT2D eigenvalue weighted by Gasteiger charge is -2.15. The lowest BCUT2D eigenvalue weighted by molar-refractivity contribution is -0.117. The number of carbonyl (C=O) groups excluding carboxylic acids is 1. The maximum Gasteiger partial charge on any atom is 0.267 e. The maximum absolute atomic E-state index is 12.0. The van der Waals surface area contributed by atoms with Gasteiger partial charge in [0.05, 0.1) is 11.4 Å². The van der Waals surface area contributed by atoms with Crippen LogP contribution in [0.5, 0.6) is 0 Å². The molecule has 8 heteroatoms. The minimum atomic E-state index is -0.288. The summed E-state index contributed by atoms with van der Waals surface area (Å²) in [4.78, 5) is 28.1. The van der Waals surface area contributed by atoms with E-state index in [9.17, 15) is 9.59 Å². The Bertz CT molecular complexity index is 738. The second-order valence-electron chi connectivity index (χ2n) is 4.76. The van der Waals surface area contributed by atoms with E-state index in [2.05, 4.69) is 15.4 Å². The van der Waals surface area contributed by atoms with Gasteiger partial charge in [0, 0.05) is 23.6 Å². The highest BCUT2D eigenvalue weighted by Crippen LogP contribution is 2.21. The predicted molar refractivity (Wildman–Crippen MR) is 83.8 cm³/mol. The molecule has 0 unspecified atom stereocenters. The van der Waals surface area contributed by atoms with E-state index in [0.29, 0.717) is 5.13 Å². The van der Waals surface area contributed by atoms with Crippen molar-refractivity contribution in [2.45, 2.75) is 25.6 Å². The topological polar surface area (TPSA) is 76.9 Å². The molecule has 0 atom stereocenters. The first-order valence-corrected chi connectivity index (χ1v) is 8.55. The van der Waals surface area contributed by atoms with Gasteiger partial charge in [0.15, 0.2) is 5.13 Å². The molecule has 0 radical (unpaired) electrons. The molecule has 0 saturated heterocycles. The number of aryl methyl sites for hydroxylation is 2. The molecule has 0 spiro atoms. The third-order valence-corrected chi connectivity index (χ3v) is 4.95. The van der Waals surface area contributed by atoms with Gasteiger partial charge in [-0.1, -0.05) is 0 Å². The van der Waals surface area contributed by atoms with Gasteiger partial charge in [0.25, 0.3) is 5.56 Å². The molecule has 6 nitrogen and oxygen atoms in total. The van der Waals surface area contributed by atoms with Crippen molar-refractivity contribution in [1.82, 2.24) is 14.8 Å². The summed E-state index contributed by atoms with van der Waals surface area (Å²) in [6, 6.07) is 1.59. The van der Waals surface area contributed by atoms with Crippen LogP contribution in [0.25, 0.3) is 0 Å². The van der Waals surface area contributed by atoms with E-state index in [1.54, 1.807) is 17.8 Å². The average Bonchev–Trinajstić information content (AvgIpc) is 2.85. The SMILES string of the molecule is Cc1csc(NC(=O)Cn2nc3c(cc2=O)CSCC3)n1. The maximum atomic E-state index is 12.0. The van der Waals surface area contributed by atoms with E-state index in [4.69, 9.17) is 0 Å². The minimum absolute atomic E-state index is 0.0854. The Kier molecular flexibility index (Phi) is 4.07. The molecular formula is C13H14N4O2S2. The Morgan fingerprint density at radius 2 is 2.38 bits per heavy atom. The summed E-state index contributed by atoms with van der Waals surface area (Å²) >= 11 is 3.16. The molecule has 0 aliphatic carbocycles. The first-order chi connectivity index (χ1) is 10.1. The van der Waals surface area contributed by atoms with Crippen molar-refractivity contribution >= 4 is 34.1 Å². The van der Waals surface area contributed by atoms with Crippen molar-refractivity contribution in [3.05, 3.63) is 38.8 Å². The summed E-state index contributed by atoms with van der Waals surface area (Å²) in [6.45, 7) is 1.78. The molecule has 3 heterocycles. The molecule has 0 fully saturated rings. The zero-order valence-electron chi connectivity index (χ0n) is 11.5. The lowest BCUT2D eigenvalue weighted by Crippen LogP contribution is -2.31. The molecule has 3 rings (SSSR count). The van der Waals surface area contributed by atoms with Crippen molar-refractivity contribution in [3.8, 4) is 0 Å². The summed E-state index contributed by atoms with van der Waals surface area (Å²) in [5.41, 5.74) is 2.54. The third kappa shape index (κ3) is 3.33. The van der Waals surface area contributed by atoms with E-state index < -0.39 is 0 Å². The minimum Gasteiger partial charge on any atom is -0.300 e. The van der Waals surface area contributed by atoms with Crippen LogP contribution >= 0.6 is 23.1 Å². The number of carbonyl (C=O) groups is 1. The summed E-state index contributed by atoms with van der Waals surface area (Å²) in [7, 11) is 0. The normalized spacial score (nSPS) is 13.8. The van der Waals surface area contributed by atoms with Gasteiger partial charge in [-0.3, -0.25) is 9.59 Å². The second-order valence-corrected chi connectivity index (χ2v) is 6.72. The smallest absolute Gasteiger partial charge is 0.267 e. The van der Waals surface area contributed by atoms with E-state index in [1.165, 1.54) is 16.0 Å². The van der Waals surface area contributed by atoms with Gasteiger partial charge in [-0.15, -0.1) is 11.3 Å². The number of rotatable bonds is 3. The molecule has 1 amide bonds. The molecule has 0 bridgehead atoms.